The third-order valence-electron chi connectivity index (χ3n) is 4.03. The summed E-state index contributed by atoms with van der Waals surface area (Å²) in [5.41, 5.74) is 2.08. The van der Waals surface area contributed by atoms with E-state index in [1.54, 1.807) is 31.2 Å². The van der Waals surface area contributed by atoms with Crippen LogP contribution in [-0.4, -0.2) is 25.3 Å². The first kappa shape index (κ1) is 20.8. The van der Waals surface area contributed by atoms with Crippen LogP contribution in [0.2, 0.25) is 0 Å². The smallest absolute Gasteiger partial charge is 0.423 e. The van der Waals surface area contributed by atoms with Crippen LogP contribution in [0.5, 0.6) is 0 Å². The van der Waals surface area contributed by atoms with E-state index in [9.17, 15) is 14.5 Å². The Morgan fingerprint density at radius 1 is 1.18 bits per heavy atom. The van der Waals surface area contributed by atoms with Crippen LogP contribution in [0.15, 0.2) is 72.4 Å². The molecule has 0 bridgehead atoms. The molecule has 0 aliphatic heterocycles. The predicted octanol–water partition coefficient (Wildman–Crippen LogP) is 4.60. The van der Waals surface area contributed by atoms with E-state index in [1.807, 2.05) is 30.3 Å². The molecule has 28 heavy (non-hydrogen) atoms. The van der Waals surface area contributed by atoms with Gasteiger partial charge in [0.1, 0.15) is 12.6 Å². The minimum absolute atomic E-state index is 0.0171. The van der Waals surface area contributed by atoms with E-state index in [-0.39, 0.29) is 6.61 Å². The number of anilines is 1. The highest BCUT2D eigenvalue weighted by atomic mass is 16.6. The van der Waals surface area contributed by atoms with E-state index in [4.69, 9.17) is 4.74 Å². The molecular weight excluding hydrogens is 358 g/mol. The van der Waals surface area contributed by atoms with Crippen LogP contribution in [0, 0.1) is 4.91 Å². The first-order valence-electron chi connectivity index (χ1n) is 8.88. The molecule has 0 saturated heterocycles. The van der Waals surface area contributed by atoms with Gasteiger partial charge in [-0.15, -0.1) is 0 Å². The zero-order valence-electron chi connectivity index (χ0n) is 15.7. The second kappa shape index (κ2) is 10.6. The number of rotatable bonds is 8. The lowest BCUT2D eigenvalue weighted by atomic mass is 10.1. The van der Waals surface area contributed by atoms with E-state index in [2.05, 4.69) is 17.1 Å². The predicted molar refractivity (Wildman–Crippen MR) is 108 cm³/mol. The number of nitrogens with one attached hydrogen (secondary N) is 1. The highest BCUT2D eigenvalue weighted by molar-refractivity contribution is 6.11. The summed E-state index contributed by atoms with van der Waals surface area (Å²) >= 11 is 0. The van der Waals surface area contributed by atoms with Crippen molar-refractivity contribution < 1.29 is 14.3 Å². The maximum Gasteiger partial charge on any atom is 0.423 e. The summed E-state index contributed by atoms with van der Waals surface area (Å²) in [6.07, 6.45) is 1.24. The van der Waals surface area contributed by atoms with Gasteiger partial charge in [-0.05, 0) is 36.6 Å². The largest absolute Gasteiger partial charge is 0.445 e. The Kier molecular flexibility index (Phi) is 7.90. The van der Waals surface area contributed by atoms with Gasteiger partial charge < -0.3 is 10.1 Å². The van der Waals surface area contributed by atoms with E-state index in [0.29, 0.717) is 24.2 Å². The number of hydrogen-bond donors (Lipinski definition) is 1. The highest BCUT2D eigenvalue weighted by Gasteiger charge is 2.25. The number of nitroso groups, excluding NO2 is 1. The Labute approximate surface area is 164 Å². The van der Waals surface area contributed by atoms with Crippen LogP contribution in [0.3, 0.4) is 0 Å². The summed E-state index contributed by atoms with van der Waals surface area (Å²) in [7, 11) is 0. The molecule has 0 fully saturated rings. The Bertz CT molecular complexity index is 806. The van der Waals surface area contributed by atoms with Gasteiger partial charge in [0.25, 0.3) is 0 Å². The van der Waals surface area contributed by atoms with E-state index >= 15 is 0 Å². The van der Waals surface area contributed by atoms with Crippen LogP contribution in [-0.2, 0) is 11.2 Å². The van der Waals surface area contributed by atoms with Crippen LogP contribution >= 0.6 is 0 Å². The van der Waals surface area contributed by atoms with Gasteiger partial charge in [-0.2, -0.15) is 9.81 Å². The zero-order valence-corrected chi connectivity index (χ0v) is 15.7. The van der Waals surface area contributed by atoms with Gasteiger partial charge in [-0.1, -0.05) is 60.3 Å². The SMILES string of the molecule is C=CCOC(=O)N(C(=O)NCCc1ccccc1)c1ccc(C(C)N=O)cc1. The molecule has 3 amide bonds. The van der Waals surface area contributed by atoms with Crippen molar-refractivity contribution in [2.75, 3.05) is 18.1 Å². The maximum atomic E-state index is 12.6. The number of urea groups is 1. The number of carbonyl (C=O) groups excluding carboxylic acids is 2. The van der Waals surface area contributed by atoms with Gasteiger partial charge in [0, 0.05) is 6.54 Å². The van der Waals surface area contributed by atoms with Gasteiger partial charge >= 0.3 is 12.1 Å². The highest BCUT2D eigenvalue weighted by Crippen LogP contribution is 2.22. The van der Waals surface area contributed by atoms with Crippen LogP contribution < -0.4 is 10.2 Å². The van der Waals surface area contributed by atoms with Crippen molar-refractivity contribution in [3.05, 3.63) is 83.3 Å². The fourth-order valence-corrected chi connectivity index (χ4v) is 2.50. The second-order valence-electron chi connectivity index (χ2n) is 6.04. The third kappa shape index (κ3) is 5.77. The third-order valence-corrected chi connectivity index (χ3v) is 4.03. The van der Waals surface area contributed by atoms with E-state index < -0.39 is 18.2 Å². The molecule has 0 heterocycles. The summed E-state index contributed by atoms with van der Waals surface area (Å²) in [6, 6.07) is 15.0. The van der Waals surface area contributed by atoms with E-state index in [1.165, 1.54) is 6.08 Å². The van der Waals surface area contributed by atoms with Gasteiger partial charge in [-0.3, -0.25) is 0 Å². The van der Waals surface area contributed by atoms with Gasteiger partial charge in [0.15, 0.2) is 0 Å². The van der Waals surface area contributed by atoms with Crippen molar-refractivity contribution in [2.24, 2.45) is 5.18 Å². The lowest BCUT2D eigenvalue weighted by Gasteiger charge is -2.21. The lowest BCUT2D eigenvalue weighted by molar-refractivity contribution is 0.166. The standard InChI is InChI=1S/C21H23N3O4/c1-3-15-28-21(26)24(19-11-9-18(10-12-19)16(2)23-27)20(25)22-14-13-17-7-5-4-6-8-17/h3-12,16H,1,13-15H2,2H3,(H,22,25). The number of hydrogen-bond acceptors (Lipinski definition) is 5. The second-order valence-corrected chi connectivity index (χ2v) is 6.04. The molecule has 7 nitrogen and oxygen atoms in total. The Hall–Kier alpha value is -3.48. The number of amides is 3. The quantitative estimate of drug-likeness (QED) is 0.535. The van der Waals surface area contributed by atoms with Gasteiger partial charge in [0.05, 0.1) is 5.69 Å². The number of benzene rings is 2. The average molecular weight is 381 g/mol. The molecule has 2 rings (SSSR count). The molecule has 0 radical (unpaired) electrons. The van der Waals surface area contributed by atoms with Crippen molar-refractivity contribution in [1.82, 2.24) is 5.32 Å². The lowest BCUT2D eigenvalue weighted by Crippen LogP contribution is -2.45. The zero-order chi connectivity index (χ0) is 20.4. The first-order valence-corrected chi connectivity index (χ1v) is 8.88. The monoisotopic (exact) mass is 381 g/mol. The van der Waals surface area contributed by atoms with Crippen LogP contribution in [0.4, 0.5) is 15.3 Å². The average Bonchev–Trinajstić information content (AvgIpc) is 2.73. The molecule has 2 aromatic carbocycles. The summed E-state index contributed by atoms with van der Waals surface area (Å²) in [6.45, 7) is 5.50. The van der Waals surface area contributed by atoms with Gasteiger partial charge in [-0.25, -0.2) is 9.59 Å². The van der Waals surface area contributed by atoms with Gasteiger partial charge in [0.2, 0.25) is 0 Å². The molecule has 0 aliphatic rings. The molecule has 2 aromatic rings. The minimum Gasteiger partial charge on any atom is -0.445 e. The summed E-state index contributed by atoms with van der Waals surface area (Å²) < 4.78 is 5.03. The molecule has 146 valence electrons. The molecule has 1 N–H and O–H groups in total. The Balaban J connectivity index is 2.11. The maximum absolute atomic E-state index is 12.6. The molecule has 0 spiro atoms. The molecular formula is C21H23N3O4. The van der Waals surface area contributed by atoms with Crippen molar-refractivity contribution in [3.8, 4) is 0 Å². The fourth-order valence-electron chi connectivity index (χ4n) is 2.50. The molecule has 0 aliphatic carbocycles. The normalized spacial score (nSPS) is 11.2. The molecule has 7 heteroatoms. The minimum atomic E-state index is -0.813. The number of ether oxygens (including phenoxy) is 1. The summed E-state index contributed by atoms with van der Waals surface area (Å²) in [5, 5.41) is 5.70. The first-order chi connectivity index (χ1) is 13.6. The molecule has 1 unspecified atom stereocenters. The number of imide groups is 1. The van der Waals surface area contributed by atoms with Crippen molar-refractivity contribution in [2.45, 2.75) is 19.4 Å². The number of nitrogens with zero attached hydrogens (tertiary/aromatic N) is 2. The summed E-state index contributed by atoms with van der Waals surface area (Å²) in [5.74, 6) is 0. The van der Waals surface area contributed by atoms with Crippen molar-refractivity contribution >= 4 is 17.8 Å². The number of carbonyl (C=O) groups is 2. The van der Waals surface area contributed by atoms with Crippen molar-refractivity contribution in [3.63, 3.8) is 0 Å². The van der Waals surface area contributed by atoms with Crippen LogP contribution in [0.1, 0.15) is 24.1 Å². The Morgan fingerprint density at radius 3 is 2.46 bits per heavy atom. The molecule has 0 saturated carbocycles. The molecule has 0 aromatic heterocycles. The Morgan fingerprint density at radius 2 is 1.86 bits per heavy atom. The van der Waals surface area contributed by atoms with Crippen molar-refractivity contribution in [1.29, 1.82) is 0 Å². The topological polar surface area (TPSA) is 88.1 Å². The van der Waals surface area contributed by atoms with E-state index in [0.717, 1.165) is 10.5 Å². The fraction of sp³-hybridized carbons (Fsp3) is 0.238. The summed E-state index contributed by atoms with van der Waals surface area (Å²) in [4.78, 5) is 36.6. The van der Waals surface area contributed by atoms with Crippen LogP contribution in [0.25, 0.3) is 0 Å². The molecule has 1 atom stereocenters.